The standard InChI is InChI=1S/C74H50N4/c1-73(2)61-35-31-47(39-55(61)57-41-49(33-37-63(57)73)77-65-27-15-11-23-51(65)52-24-12-16-28-66(52)77)71-59(43-75)70(46-21-9-6-10-22-46)72(60(44-76)69(71)45-19-7-5-8-20-45)48-32-36-62-56(40-48)58-42-50(34-38-64(58)74(62,3)4)78-67-29-17-13-25-53(67)54-26-14-18-30-68(54)78/h5-42H,1-4H3. The summed E-state index contributed by atoms with van der Waals surface area (Å²) in [7, 11) is 0. The fourth-order valence-corrected chi connectivity index (χ4v) is 13.8. The molecule has 0 spiro atoms. The zero-order chi connectivity index (χ0) is 52.6. The molecule has 0 N–H and O–H groups in total. The molecule has 366 valence electrons. The molecule has 13 aromatic rings. The molecule has 0 radical (unpaired) electrons. The molecule has 0 fully saturated rings. The third-order valence-corrected chi connectivity index (χ3v) is 17.4. The van der Waals surface area contributed by atoms with Crippen molar-refractivity contribution >= 4 is 43.6 Å². The van der Waals surface area contributed by atoms with Crippen LogP contribution in [0, 0.1) is 22.7 Å². The van der Waals surface area contributed by atoms with Crippen LogP contribution in [0.1, 0.15) is 61.1 Å². The molecule has 2 aliphatic carbocycles. The van der Waals surface area contributed by atoms with Crippen molar-refractivity contribution in [3.05, 3.63) is 264 Å². The van der Waals surface area contributed by atoms with Gasteiger partial charge in [-0.1, -0.05) is 198 Å². The first-order chi connectivity index (χ1) is 38.1. The van der Waals surface area contributed by atoms with Gasteiger partial charge in [-0.3, -0.25) is 0 Å². The number of hydrogen-bond donors (Lipinski definition) is 0. The zero-order valence-corrected chi connectivity index (χ0v) is 43.7. The van der Waals surface area contributed by atoms with E-state index in [1.54, 1.807) is 0 Å². The number of para-hydroxylation sites is 4. The SMILES string of the molecule is CC1(C)c2ccc(-c3c(C#N)c(-c4ccccc4)c(-c4ccc5c(c4)-c4cc(-n6c7ccccc7c7ccccc76)ccc4C5(C)C)c(C#N)c3-c3ccccc3)cc2-c2cc(-n3c4ccccc4c4ccccc43)ccc21. The lowest BCUT2D eigenvalue weighted by molar-refractivity contribution is 0.660. The van der Waals surface area contributed by atoms with Crippen molar-refractivity contribution in [2.24, 2.45) is 0 Å². The monoisotopic (exact) mass is 994 g/mol. The van der Waals surface area contributed by atoms with Crippen LogP contribution in [0.3, 0.4) is 0 Å². The van der Waals surface area contributed by atoms with Gasteiger partial charge in [0.05, 0.1) is 33.2 Å². The third kappa shape index (κ3) is 6.32. The molecule has 0 amide bonds. The summed E-state index contributed by atoms with van der Waals surface area (Å²) in [5.74, 6) is 0. The summed E-state index contributed by atoms with van der Waals surface area (Å²) in [5.41, 5.74) is 23.4. The van der Waals surface area contributed by atoms with Crippen LogP contribution in [0.15, 0.2) is 231 Å². The van der Waals surface area contributed by atoms with E-state index in [1.807, 2.05) is 36.4 Å². The zero-order valence-electron chi connectivity index (χ0n) is 43.7. The number of nitriles is 2. The summed E-state index contributed by atoms with van der Waals surface area (Å²) >= 11 is 0. The first-order valence-corrected chi connectivity index (χ1v) is 26.9. The average Bonchev–Trinajstić information content (AvgIpc) is 4.09. The molecule has 78 heavy (non-hydrogen) atoms. The van der Waals surface area contributed by atoms with Gasteiger partial charge in [0.25, 0.3) is 0 Å². The largest absolute Gasteiger partial charge is 0.309 e. The molecule has 15 rings (SSSR count). The molecule has 0 saturated carbocycles. The Hall–Kier alpha value is -10.0. The molecule has 4 nitrogen and oxygen atoms in total. The number of benzene rings is 11. The van der Waals surface area contributed by atoms with Crippen LogP contribution in [0.25, 0.3) is 122 Å². The summed E-state index contributed by atoms with van der Waals surface area (Å²) in [6.45, 7) is 9.24. The summed E-state index contributed by atoms with van der Waals surface area (Å²) in [6, 6.07) is 88.0. The van der Waals surface area contributed by atoms with E-state index >= 15 is 0 Å². The van der Waals surface area contributed by atoms with E-state index in [2.05, 4.69) is 243 Å². The van der Waals surface area contributed by atoms with Gasteiger partial charge < -0.3 is 9.13 Å². The maximum absolute atomic E-state index is 12.0. The molecule has 0 aliphatic heterocycles. The maximum Gasteiger partial charge on any atom is 0.100 e. The number of nitrogens with zero attached hydrogens (tertiary/aromatic N) is 4. The third-order valence-electron chi connectivity index (χ3n) is 17.4. The second-order valence-corrected chi connectivity index (χ2v) is 22.2. The molecule has 11 aromatic carbocycles. The second-order valence-electron chi connectivity index (χ2n) is 22.2. The van der Waals surface area contributed by atoms with Crippen molar-refractivity contribution in [2.75, 3.05) is 0 Å². The van der Waals surface area contributed by atoms with E-state index in [4.69, 9.17) is 0 Å². The van der Waals surface area contributed by atoms with E-state index in [0.717, 1.165) is 89.1 Å². The van der Waals surface area contributed by atoms with Crippen LogP contribution in [0.4, 0.5) is 0 Å². The van der Waals surface area contributed by atoms with Gasteiger partial charge in [-0.2, -0.15) is 10.5 Å². The van der Waals surface area contributed by atoms with Gasteiger partial charge in [0.1, 0.15) is 12.1 Å². The van der Waals surface area contributed by atoms with E-state index in [0.29, 0.717) is 11.1 Å². The first-order valence-electron chi connectivity index (χ1n) is 26.9. The van der Waals surface area contributed by atoms with Gasteiger partial charge in [0.2, 0.25) is 0 Å². The lowest BCUT2D eigenvalue weighted by Crippen LogP contribution is -2.15. The van der Waals surface area contributed by atoms with Crippen LogP contribution < -0.4 is 0 Å². The van der Waals surface area contributed by atoms with E-state index < -0.39 is 0 Å². The van der Waals surface area contributed by atoms with Gasteiger partial charge in [-0.15, -0.1) is 0 Å². The molecule has 2 aliphatic rings. The van der Waals surface area contributed by atoms with Gasteiger partial charge in [0, 0.05) is 66.0 Å². The number of hydrogen-bond acceptors (Lipinski definition) is 2. The Bertz CT molecular complexity index is 4390. The van der Waals surface area contributed by atoms with Crippen LogP contribution in [-0.4, -0.2) is 9.13 Å². The molecule has 2 aromatic heterocycles. The van der Waals surface area contributed by atoms with Crippen molar-refractivity contribution in [3.8, 4) is 90.3 Å². The topological polar surface area (TPSA) is 57.4 Å². The smallest absolute Gasteiger partial charge is 0.100 e. The highest BCUT2D eigenvalue weighted by Crippen LogP contribution is 2.56. The van der Waals surface area contributed by atoms with E-state index in [9.17, 15) is 10.5 Å². The Labute approximate surface area is 453 Å². The van der Waals surface area contributed by atoms with E-state index in [-0.39, 0.29) is 10.8 Å². The van der Waals surface area contributed by atoms with Crippen LogP contribution in [0.5, 0.6) is 0 Å². The molecule has 4 heteroatoms. The van der Waals surface area contributed by atoms with Crippen LogP contribution in [0.2, 0.25) is 0 Å². The number of aromatic nitrogens is 2. The quantitative estimate of drug-likeness (QED) is 0.167. The van der Waals surface area contributed by atoms with Crippen molar-refractivity contribution in [1.29, 1.82) is 10.5 Å². The minimum atomic E-state index is -0.287. The normalized spacial score (nSPS) is 13.6. The predicted octanol–water partition coefficient (Wildman–Crippen LogP) is 18.9. The highest BCUT2D eigenvalue weighted by molar-refractivity contribution is 6.11. The van der Waals surface area contributed by atoms with Crippen molar-refractivity contribution < 1.29 is 0 Å². The van der Waals surface area contributed by atoms with Gasteiger partial charge in [0.15, 0.2) is 0 Å². The Morgan fingerprint density at radius 2 is 0.577 bits per heavy atom. The lowest BCUT2D eigenvalue weighted by atomic mass is 9.76. The average molecular weight is 995 g/mol. The van der Waals surface area contributed by atoms with Gasteiger partial charge >= 0.3 is 0 Å². The molecule has 0 saturated heterocycles. The fourth-order valence-electron chi connectivity index (χ4n) is 13.8. The molecule has 0 unspecified atom stereocenters. The van der Waals surface area contributed by atoms with Crippen molar-refractivity contribution in [1.82, 2.24) is 9.13 Å². The molecule has 2 heterocycles. The van der Waals surface area contributed by atoms with Gasteiger partial charge in [-0.25, -0.2) is 0 Å². The highest BCUT2D eigenvalue weighted by Gasteiger charge is 2.39. The Kier molecular flexibility index (Phi) is 9.75. The molecular formula is C74H50N4. The highest BCUT2D eigenvalue weighted by atomic mass is 15.0. The second kappa shape index (κ2) is 16.8. The predicted molar refractivity (Wildman–Crippen MR) is 321 cm³/mol. The lowest BCUT2D eigenvalue weighted by Gasteiger charge is -2.25. The Morgan fingerprint density at radius 3 is 0.910 bits per heavy atom. The Morgan fingerprint density at radius 1 is 0.295 bits per heavy atom. The summed E-state index contributed by atoms with van der Waals surface area (Å²) in [6.07, 6.45) is 0. The summed E-state index contributed by atoms with van der Waals surface area (Å²) in [4.78, 5) is 0. The molecular weight excluding hydrogens is 945 g/mol. The van der Waals surface area contributed by atoms with Gasteiger partial charge in [-0.05, 0) is 127 Å². The van der Waals surface area contributed by atoms with Crippen LogP contribution >= 0.6 is 0 Å². The maximum atomic E-state index is 12.0. The van der Waals surface area contributed by atoms with Crippen molar-refractivity contribution in [2.45, 2.75) is 38.5 Å². The number of rotatable bonds is 6. The first kappa shape index (κ1) is 45.4. The van der Waals surface area contributed by atoms with Crippen molar-refractivity contribution in [3.63, 3.8) is 0 Å². The minimum absolute atomic E-state index is 0.287. The molecule has 0 bridgehead atoms. The minimum Gasteiger partial charge on any atom is -0.309 e. The van der Waals surface area contributed by atoms with E-state index in [1.165, 1.54) is 54.9 Å². The number of fused-ring (bicyclic) bond motifs is 12. The van der Waals surface area contributed by atoms with Crippen LogP contribution in [-0.2, 0) is 10.8 Å². The fraction of sp³-hybridized carbons (Fsp3) is 0.0811. The summed E-state index contributed by atoms with van der Waals surface area (Å²) in [5, 5.41) is 28.8. The molecule has 0 atom stereocenters. The summed E-state index contributed by atoms with van der Waals surface area (Å²) < 4.78 is 4.77. The Balaban J connectivity index is 0.971.